The number of nitrogens with zero attached hydrogens (tertiary/aromatic N) is 2. The van der Waals surface area contributed by atoms with Crippen molar-refractivity contribution in [1.82, 2.24) is 15.5 Å². The Morgan fingerprint density at radius 3 is 2.59 bits per heavy atom. The second kappa shape index (κ2) is 8.75. The van der Waals surface area contributed by atoms with Crippen LogP contribution in [-0.2, 0) is 0 Å². The molecule has 1 N–H and O–H groups in total. The van der Waals surface area contributed by atoms with Gasteiger partial charge < -0.3 is 14.8 Å². The van der Waals surface area contributed by atoms with Gasteiger partial charge in [0.15, 0.2) is 0 Å². The fourth-order valence-corrected chi connectivity index (χ4v) is 2.36. The number of carbonyl (C=O) groups excluding carboxylic acids is 1. The van der Waals surface area contributed by atoms with Gasteiger partial charge in [0.25, 0.3) is 5.91 Å². The lowest BCUT2D eigenvalue weighted by atomic mass is 10.1. The van der Waals surface area contributed by atoms with Crippen LogP contribution in [-0.4, -0.2) is 36.4 Å². The van der Waals surface area contributed by atoms with Crippen LogP contribution in [0.4, 0.5) is 4.39 Å². The number of benzene rings is 2. The molecule has 0 aliphatic heterocycles. The van der Waals surface area contributed by atoms with Gasteiger partial charge >= 0.3 is 0 Å². The molecule has 1 aromatic heterocycles. The van der Waals surface area contributed by atoms with Gasteiger partial charge in [-0.2, -0.15) is 0 Å². The molecule has 0 spiro atoms. The smallest absolute Gasteiger partial charge is 0.251 e. The number of amides is 1. The van der Waals surface area contributed by atoms with Gasteiger partial charge in [-0.05, 0) is 48.5 Å². The first-order chi connectivity index (χ1) is 13.2. The van der Waals surface area contributed by atoms with Gasteiger partial charge in [-0.15, -0.1) is 10.2 Å². The van der Waals surface area contributed by atoms with Crippen LogP contribution in [0, 0.1) is 5.82 Å². The minimum Gasteiger partial charge on any atom is -0.497 e. The van der Waals surface area contributed by atoms with Crippen LogP contribution in [0.1, 0.15) is 10.4 Å². The zero-order valence-corrected chi connectivity index (χ0v) is 14.7. The predicted molar refractivity (Wildman–Crippen MR) is 98.2 cm³/mol. The second-order valence-electron chi connectivity index (χ2n) is 5.60. The zero-order valence-electron chi connectivity index (χ0n) is 14.7. The largest absolute Gasteiger partial charge is 0.497 e. The summed E-state index contributed by atoms with van der Waals surface area (Å²) in [5, 5.41) is 10.8. The Labute approximate surface area is 156 Å². The molecule has 0 aliphatic carbocycles. The summed E-state index contributed by atoms with van der Waals surface area (Å²) in [6, 6.07) is 16.3. The van der Waals surface area contributed by atoms with Gasteiger partial charge in [0.1, 0.15) is 18.2 Å². The van der Waals surface area contributed by atoms with E-state index in [1.807, 2.05) is 0 Å². The number of nitrogens with one attached hydrogen (secondary N) is 1. The molecule has 0 saturated carbocycles. The van der Waals surface area contributed by atoms with Crippen LogP contribution in [0.15, 0.2) is 60.7 Å². The van der Waals surface area contributed by atoms with Crippen LogP contribution in [0.25, 0.3) is 11.3 Å². The first kappa shape index (κ1) is 18.3. The highest BCUT2D eigenvalue weighted by Gasteiger charge is 2.06. The standard InChI is InChI=1S/C20H18FN3O3/c1-26-17-4-2-3-15(13-17)20(25)22-11-12-27-19-10-9-18(23-24-19)14-5-7-16(21)8-6-14/h2-10,13H,11-12H2,1H3,(H,22,25). The van der Waals surface area contributed by atoms with Gasteiger partial charge in [0.2, 0.25) is 5.88 Å². The monoisotopic (exact) mass is 367 g/mol. The fraction of sp³-hybridized carbons (Fsp3) is 0.150. The maximum Gasteiger partial charge on any atom is 0.251 e. The van der Waals surface area contributed by atoms with Gasteiger partial charge in [0, 0.05) is 17.2 Å². The molecule has 27 heavy (non-hydrogen) atoms. The number of halogens is 1. The number of hydrogen-bond acceptors (Lipinski definition) is 5. The van der Waals surface area contributed by atoms with Crippen molar-refractivity contribution in [3.8, 4) is 22.9 Å². The van der Waals surface area contributed by atoms with Crippen LogP contribution < -0.4 is 14.8 Å². The molecule has 6 nitrogen and oxygen atoms in total. The molecule has 0 aliphatic rings. The van der Waals surface area contributed by atoms with Crippen LogP contribution in [0.5, 0.6) is 11.6 Å². The van der Waals surface area contributed by atoms with E-state index in [-0.39, 0.29) is 18.3 Å². The number of carbonyl (C=O) groups is 1. The third-order valence-corrected chi connectivity index (χ3v) is 3.75. The predicted octanol–water partition coefficient (Wildman–Crippen LogP) is 3.10. The van der Waals surface area contributed by atoms with Crippen molar-refractivity contribution in [2.45, 2.75) is 0 Å². The number of aromatic nitrogens is 2. The summed E-state index contributed by atoms with van der Waals surface area (Å²) < 4.78 is 23.5. The van der Waals surface area contributed by atoms with Crippen molar-refractivity contribution >= 4 is 5.91 Å². The van der Waals surface area contributed by atoms with E-state index < -0.39 is 0 Å². The molecule has 0 bridgehead atoms. The quantitative estimate of drug-likeness (QED) is 0.650. The Hall–Kier alpha value is -3.48. The summed E-state index contributed by atoms with van der Waals surface area (Å²) in [5.41, 5.74) is 1.90. The Bertz CT molecular complexity index is 899. The molecule has 7 heteroatoms. The Kier molecular flexibility index (Phi) is 5.94. The lowest BCUT2D eigenvalue weighted by Gasteiger charge is -2.08. The van der Waals surface area contributed by atoms with Crippen molar-refractivity contribution in [1.29, 1.82) is 0 Å². The highest BCUT2D eigenvalue weighted by molar-refractivity contribution is 5.94. The number of methoxy groups -OCH3 is 1. The Balaban J connectivity index is 1.47. The SMILES string of the molecule is COc1cccc(C(=O)NCCOc2ccc(-c3ccc(F)cc3)nn2)c1. The molecule has 2 aromatic carbocycles. The highest BCUT2D eigenvalue weighted by atomic mass is 19.1. The fourth-order valence-electron chi connectivity index (χ4n) is 2.36. The molecule has 138 valence electrons. The molecule has 3 aromatic rings. The minimum absolute atomic E-state index is 0.213. The number of rotatable bonds is 7. The van der Waals surface area contributed by atoms with Crippen molar-refractivity contribution in [2.24, 2.45) is 0 Å². The second-order valence-corrected chi connectivity index (χ2v) is 5.60. The van der Waals surface area contributed by atoms with Gasteiger partial charge in [-0.1, -0.05) is 6.07 Å². The highest BCUT2D eigenvalue weighted by Crippen LogP contribution is 2.18. The minimum atomic E-state index is -0.303. The molecule has 1 amide bonds. The van der Waals surface area contributed by atoms with E-state index in [2.05, 4.69) is 15.5 Å². The molecular weight excluding hydrogens is 349 g/mol. The van der Waals surface area contributed by atoms with Gasteiger partial charge in [0.05, 0.1) is 19.3 Å². The molecular formula is C20H18FN3O3. The lowest BCUT2D eigenvalue weighted by molar-refractivity contribution is 0.0946. The topological polar surface area (TPSA) is 73.3 Å². The molecule has 1 heterocycles. The maximum absolute atomic E-state index is 13.0. The van der Waals surface area contributed by atoms with Crippen molar-refractivity contribution < 1.29 is 18.7 Å². The van der Waals surface area contributed by atoms with Crippen molar-refractivity contribution in [2.75, 3.05) is 20.3 Å². The third kappa shape index (κ3) is 5.01. The van der Waals surface area contributed by atoms with E-state index >= 15 is 0 Å². The zero-order chi connectivity index (χ0) is 19.1. The summed E-state index contributed by atoms with van der Waals surface area (Å²) in [4.78, 5) is 12.1. The van der Waals surface area contributed by atoms with E-state index in [0.717, 1.165) is 5.56 Å². The van der Waals surface area contributed by atoms with E-state index in [9.17, 15) is 9.18 Å². The average Bonchev–Trinajstić information content (AvgIpc) is 2.72. The van der Waals surface area contributed by atoms with Crippen molar-refractivity contribution in [3.05, 3.63) is 72.0 Å². The van der Waals surface area contributed by atoms with E-state index in [1.165, 1.54) is 12.1 Å². The summed E-state index contributed by atoms with van der Waals surface area (Å²) in [6.45, 7) is 0.567. The first-order valence-corrected chi connectivity index (χ1v) is 8.30. The Morgan fingerprint density at radius 1 is 1.07 bits per heavy atom. The van der Waals surface area contributed by atoms with Crippen LogP contribution >= 0.6 is 0 Å². The van der Waals surface area contributed by atoms with E-state index in [4.69, 9.17) is 9.47 Å². The number of ether oxygens (including phenoxy) is 2. The molecule has 0 atom stereocenters. The van der Waals surface area contributed by atoms with Crippen LogP contribution in [0.3, 0.4) is 0 Å². The number of hydrogen-bond donors (Lipinski definition) is 1. The summed E-state index contributed by atoms with van der Waals surface area (Å²) >= 11 is 0. The van der Waals surface area contributed by atoms with Gasteiger partial charge in [-0.3, -0.25) is 4.79 Å². The average molecular weight is 367 g/mol. The normalized spacial score (nSPS) is 10.3. The lowest BCUT2D eigenvalue weighted by Crippen LogP contribution is -2.28. The molecule has 0 saturated heterocycles. The first-order valence-electron chi connectivity index (χ1n) is 8.30. The third-order valence-electron chi connectivity index (χ3n) is 3.75. The summed E-state index contributed by atoms with van der Waals surface area (Å²) in [5.74, 6) is 0.449. The molecule has 0 unspecified atom stereocenters. The van der Waals surface area contributed by atoms with E-state index in [0.29, 0.717) is 29.4 Å². The Morgan fingerprint density at radius 2 is 1.89 bits per heavy atom. The summed E-state index contributed by atoms with van der Waals surface area (Å²) in [7, 11) is 1.55. The maximum atomic E-state index is 13.0. The molecule has 0 fully saturated rings. The van der Waals surface area contributed by atoms with Crippen LogP contribution in [0.2, 0.25) is 0 Å². The molecule has 0 radical (unpaired) electrons. The molecule has 3 rings (SSSR count). The summed E-state index contributed by atoms with van der Waals surface area (Å²) in [6.07, 6.45) is 0. The van der Waals surface area contributed by atoms with Crippen molar-refractivity contribution in [3.63, 3.8) is 0 Å². The van der Waals surface area contributed by atoms with E-state index in [1.54, 1.807) is 55.6 Å². The van der Waals surface area contributed by atoms with Gasteiger partial charge in [-0.25, -0.2) is 4.39 Å².